The standard InChI is InChI=1S/C27H32N2O5/c1-17(2)25(26(32)29-14-8-7-9-18(29)15-24(30)31)28-27(33)34-16-23-21-12-5-3-10-19(21)20-11-4-6-13-22(20)23/h3-6,10-13,17-18,23,25H,7-9,14-16H2,1-2H3,(H,28,33)(H,30,31)/t18?,25-/m0/s1. The van der Waals surface area contributed by atoms with Crippen LogP contribution in [0.1, 0.15) is 56.6 Å². The predicted octanol–water partition coefficient (Wildman–Crippen LogP) is 4.41. The summed E-state index contributed by atoms with van der Waals surface area (Å²) in [7, 11) is 0. The molecule has 0 saturated carbocycles. The molecule has 2 aliphatic rings. The van der Waals surface area contributed by atoms with Crippen molar-refractivity contribution >= 4 is 18.0 Å². The van der Waals surface area contributed by atoms with Crippen molar-refractivity contribution in [3.63, 3.8) is 0 Å². The van der Waals surface area contributed by atoms with E-state index >= 15 is 0 Å². The number of carbonyl (C=O) groups is 3. The molecule has 0 aromatic heterocycles. The number of aliphatic carboxylic acids is 1. The highest BCUT2D eigenvalue weighted by Crippen LogP contribution is 2.44. The summed E-state index contributed by atoms with van der Waals surface area (Å²) in [5.74, 6) is -1.39. The number of carboxylic acids is 1. The lowest BCUT2D eigenvalue weighted by Crippen LogP contribution is -2.55. The number of amides is 2. The Morgan fingerprint density at radius 1 is 1.03 bits per heavy atom. The van der Waals surface area contributed by atoms with Crippen LogP contribution in [-0.2, 0) is 14.3 Å². The monoisotopic (exact) mass is 464 g/mol. The van der Waals surface area contributed by atoms with Gasteiger partial charge in [0.05, 0.1) is 6.42 Å². The Hall–Kier alpha value is -3.35. The molecule has 0 bridgehead atoms. The predicted molar refractivity (Wildman–Crippen MR) is 128 cm³/mol. The third kappa shape index (κ3) is 4.93. The van der Waals surface area contributed by atoms with Crippen molar-refractivity contribution in [2.45, 2.75) is 57.5 Å². The second-order valence-corrected chi connectivity index (χ2v) is 9.47. The molecule has 1 aliphatic heterocycles. The number of fused-ring (bicyclic) bond motifs is 3. The molecule has 2 amide bonds. The highest BCUT2D eigenvalue weighted by molar-refractivity contribution is 5.87. The SMILES string of the molecule is CC(C)[C@H](NC(=O)OCC1c2ccccc2-c2ccccc21)C(=O)N1CCCCC1CC(=O)O. The van der Waals surface area contributed by atoms with Gasteiger partial charge in [-0.3, -0.25) is 9.59 Å². The van der Waals surface area contributed by atoms with Crippen LogP contribution in [-0.4, -0.2) is 53.2 Å². The Kier molecular flexibility index (Phi) is 7.20. The van der Waals surface area contributed by atoms with Gasteiger partial charge in [-0.1, -0.05) is 62.4 Å². The van der Waals surface area contributed by atoms with E-state index in [1.54, 1.807) is 4.90 Å². The van der Waals surface area contributed by atoms with Gasteiger partial charge in [-0.15, -0.1) is 0 Å². The van der Waals surface area contributed by atoms with Gasteiger partial charge in [-0.2, -0.15) is 0 Å². The summed E-state index contributed by atoms with van der Waals surface area (Å²) in [4.78, 5) is 39.0. The third-order valence-electron chi connectivity index (χ3n) is 6.87. The minimum absolute atomic E-state index is 0.0617. The first-order chi connectivity index (χ1) is 16.4. The maximum absolute atomic E-state index is 13.3. The number of likely N-dealkylation sites (tertiary alicyclic amines) is 1. The van der Waals surface area contributed by atoms with E-state index in [1.165, 1.54) is 0 Å². The fourth-order valence-corrected chi connectivity index (χ4v) is 5.16. The smallest absolute Gasteiger partial charge is 0.407 e. The van der Waals surface area contributed by atoms with Crippen molar-refractivity contribution in [2.75, 3.05) is 13.2 Å². The fourth-order valence-electron chi connectivity index (χ4n) is 5.16. The van der Waals surface area contributed by atoms with E-state index in [0.717, 1.165) is 35.1 Å². The molecule has 1 saturated heterocycles. The number of carboxylic acid groups (broad SMARTS) is 1. The summed E-state index contributed by atoms with van der Waals surface area (Å²) in [6.07, 6.45) is 1.67. The van der Waals surface area contributed by atoms with Gasteiger partial charge in [0.1, 0.15) is 12.6 Å². The van der Waals surface area contributed by atoms with Gasteiger partial charge in [0, 0.05) is 18.5 Å². The molecule has 2 aromatic rings. The molecule has 7 nitrogen and oxygen atoms in total. The lowest BCUT2D eigenvalue weighted by atomic mass is 9.95. The molecule has 180 valence electrons. The molecule has 0 radical (unpaired) electrons. The number of hydrogen-bond acceptors (Lipinski definition) is 4. The molecule has 0 spiro atoms. The summed E-state index contributed by atoms with van der Waals surface area (Å²) in [6, 6.07) is 15.1. The first-order valence-electron chi connectivity index (χ1n) is 12.0. The number of nitrogens with one attached hydrogen (secondary N) is 1. The summed E-state index contributed by atoms with van der Waals surface area (Å²) < 4.78 is 5.63. The molecule has 34 heavy (non-hydrogen) atoms. The number of ether oxygens (including phenoxy) is 1. The summed E-state index contributed by atoms with van der Waals surface area (Å²) >= 11 is 0. The second-order valence-electron chi connectivity index (χ2n) is 9.47. The van der Waals surface area contributed by atoms with Gasteiger partial charge in [0.25, 0.3) is 0 Å². The molecule has 2 N–H and O–H groups in total. The van der Waals surface area contributed by atoms with Crippen LogP contribution in [0, 0.1) is 5.92 Å². The number of benzene rings is 2. The molecule has 1 fully saturated rings. The number of piperidine rings is 1. The van der Waals surface area contributed by atoms with E-state index in [2.05, 4.69) is 29.6 Å². The van der Waals surface area contributed by atoms with Crippen molar-refractivity contribution < 1.29 is 24.2 Å². The molecule has 7 heteroatoms. The van der Waals surface area contributed by atoms with E-state index in [4.69, 9.17) is 4.74 Å². The normalized spacial score (nSPS) is 18.2. The highest BCUT2D eigenvalue weighted by atomic mass is 16.5. The zero-order chi connectivity index (χ0) is 24.2. The first-order valence-corrected chi connectivity index (χ1v) is 12.0. The van der Waals surface area contributed by atoms with Crippen molar-refractivity contribution in [2.24, 2.45) is 5.92 Å². The number of hydrogen-bond donors (Lipinski definition) is 2. The minimum Gasteiger partial charge on any atom is -0.481 e. The average Bonchev–Trinajstić information content (AvgIpc) is 3.14. The van der Waals surface area contributed by atoms with Crippen LogP contribution in [0.5, 0.6) is 0 Å². The Morgan fingerprint density at radius 2 is 1.65 bits per heavy atom. The van der Waals surface area contributed by atoms with Crippen molar-refractivity contribution in [1.29, 1.82) is 0 Å². The zero-order valence-corrected chi connectivity index (χ0v) is 19.7. The Bertz CT molecular complexity index is 1020. The zero-order valence-electron chi connectivity index (χ0n) is 19.7. The van der Waals surface area contributed by atoms with Gasteiger partial charge in [-0.05, 0) is 47.4 Å². The Balaban J connectivity index is 1.43. The molecule has 1 aliphatic carbocycles. The van der Waals surface area contributed by atoms with Crippen LogP contribution in [0.2, 0.25) is 0 Å². The Morgan fingerprint density at radius 3 is 2.24 bits per heavy atom. The first kappa shape index (κ1) is 23.8. The van der Waals surface area contributed by atoms with E-state index in [9.17, 15) is 19.5 Å². The molecular weight excluding hydrogens is 432 g/mol. The maximum atomic E-state index is 13.3. The molecule has 2 aromatic carbocycles. The van der Waals surface area contributed by atoms with Gasteiger partial charge in [0.2, 0.25) is 5.91 Å². The van der Waals surface area contributed by atoms with Crippen LogP contribution in [0.15, 0.2) is 48.5 Å². The molecule has 1 heterocycles. The number of nitrogens with zero attached hydrogens (tertiary/aromatic N) is 1. The van der Waals surface area contributed by atoms with Crippen LogP contribution in [0.3, 0.4) is 0 Å². The molecular formula is C27H32N2O5. The lowest BCUT2D eigenvalue weighted by molar-refractivity contribution is -0.143. The average molecular weight is 465 g/mol. The summed E-state index contributed by atoms with van der Waals surface area (Å²) in [6.45, 7) is 4.40. The quantitative estimate of drug-likeness (QED) is 0.633. The van der Waals surface area contributed by atoms with Crippen molar-refractivity contribution in [3.8, 4) is 11.1 Å². The molecule has 4 rings (SSSR count). The van der Waals surface area contributed by atoms with Gasteiger partial charge in [-0.25, -0.2) is 4.79 Å². The largest absolute Gasteiger partial charge is 0.481 e. The molecule has 2 atom stereocenters. The van der Waals surface area contributed by atoms with E-state index in [-0.39, 0.29) is 36.8 Å². The topological polar surface area (TPSA) is 95.9 Å². The van der Waals surface area contributed by atoms with Crippen molar-refractivity contribution in [3.05, 3.63) is 59.7 Å². The second kappa shape index (κ2) is 10.3. The van der Waals surface area contributed by atoms with E-state index in [1.807, 2.05) is 38.1 Å². The van der Waals surface area contributed by atoms with Gasteiger partial charge in [0.15, 0.2) is 0 Å². The lowest BCUT2D eigenvalue weighted by Gasteiger charge is -2.38. The van der Waals surface area contributed by atoms with Gasteiger partial charge >= 0.3 is 12.1 Å². The fraction of sp³-hybridized carbons (Fsp3) is 0.444. The Labute approximate surface area is 200 Å². The van der Waals surface area contributed by atoms with Crippen LogP contribution < -0.4 is 5.32 Å². The summed E-state index contributed by atoms with van der Waals surface area (Å²) in [5.41, 5.74) is 4.55. The minimum atomic E-state index is -0.921. The number of carbonyl (C=O) groups excluding carboxylic acids is 2. The van der Waals surface area contributed by atoms with Crippen LogP contribution in [0.25, 0.3) is 11.1 Å². The van der Waals surface area contributed by atoms with E-state index < -0.39 is 18.1 Å². The highest BCUT2D eigenvalue weighted by Gasteiger charge is 2.35. The van der Waals surface area contributed by atoms with Gasteiger partial charge < -0.3 is 20.1 Å². The maximum Gasteiger partial charge on any atom is 0.407 e. The van der Waals surface area contributed by atoms with Crippen LogP contribution in [0.4, 0.5) is 4.79 Å². The van der Waals surface area contributed by atoms with Crippen LogP contribution >= 0.6 is 0 Å². The summed E-state index contributed by atoms with van der Waals surface area (Å²) in [5, 5.41) is 12.0. The molecule has 1 unspecified atom stereocenters. The number of alkyl carbamates (subject to hydrolysis) is 1. The third-order valence-corrected chi connectivity index (χ3v) is 6.87. The van der Waals surface area contributed by atoms with E-state index in [0.29, 0.717) is 13.0 Å². The number of rotatable bonds is 7. The van der Waals surface area contributed by atoms with Crippen molar-refractivity contribution in [1.82, 2.24) is 10.2 Å².